The number of nitrogens with zero attached hydrogens (tertiary/aromatic N) is 3. The zero-order valence-corrected chi connectivity index (χ0v) is 8.32. The third-order valence-electron chi connectivity index (χ3n) is 2.55. The molecule has 0 aliphatic heterocycles. The zero-order valence-electron chi connectivity index (χ0n) is 8.32. The average molecular weight is 187 g/mol. The second kappa shape index (κ2) is 3.75. The Kier molecular flexibility index (Phi) is 2.45. The normalized spacial score (nSPS) is 15.1. The Labute approximate surface area is 83.8 Å². The summed E-state index contributed by atoms with van der Waals surface area (Å²) in [6.45, 7) is 2.12. The average Bonchev–Trinajstić information content (AvgIpc) is 3.02. The monoisotopic (exact) mass is 187 g/mol. The van der Waals surface area contributed by atoms with E-state index in [2.05, 4.69) is 23.0 Å². The fraction of sp³-hybridized carbons (Fsp3) is 0.545. The van der Waals surface area contributed by atoms with Gasteiger partial charge in [-0.1, -0.05) is 13.3 Å². The fourth-order valence-electron chi connectivity index (χ4n) is 1.73. The quantitative estimate of drug-likeness (QED) is 0.728. The van der Waals surface area contributed by atoms with Crippen molar-refractivity contribution in [2.75, 3.05) is 0 Å². The van der Waals surface area contributed by atoms with Gasteiger partial charge >= 0.3 is 0 Å². The van der Waals surface area contributed by atoms with Gasteiger partial charge in [0.2, 0.25) is 0 Å². The van der Waals surface area contributed by atoms with Crippen molar-refractivity contribution in [2.45, 2.75) is 38.5 Å². The molecule has 1 aliphatic carbocycles. The summed E-state index contributed by atoms with van der Waals surface area (Å²) in [6, 6.07) is 2.15. The summed E-state index contributed by atoms with van der Waals surface area (Å²) in [4.78, 5) is 8.32. The Morgan fingerprint density at radius 3 is 2.86 bits per heavy atom. The van der Waals surface area contributed by atoms with Gasteiger partial charge in [-0.2, -0.15) is 5.26 Å². The Morgan fingerprint density at radius 2 is 2.29 bits per heavy atom. The van der Waals surface area contributed by atoms with Crippen LogP contribution in [-0.2, 0) is 6.42 Å². The highest BCUT2D eigenvalue weighted by Gasteiger charge is 2.28. The predicted molar refractivity (Wildman–Crippen MR) is 52.7 cm³/mol. The predicted octanol–water partition coefficient (Wildman–Crippen LogP) is 2.18. The van der Waals surface area contributed by atoms with Gasteiger partial charge in [0, 0.05) is 11.5 Å². The molecule has 0 N–H and O–H groups in total. The lowest BCUT2D eigenvalue weighted by atomic mass is 10.0. The van der Waals surface area contributed by atoms with Gasteiger partial charge < -0.3 is 0 Å². The topological polar surface area (TPSA) is 49.6 Å². The molecule has 0 saturated heterocycles. The minimum absolute atomic E-state index is 0.573. The van der Waals surface area contributed by atoms with Crippen LogP contribution in [0.25, 0.3) is 0 Å². The zero-order chi connectivity index (χ0) is 9.97. The van der Waals surface area contributed by atoms with Gasteiger partial charge in [0.25, 0.3) is 0 Å². The molecule has 1 aromatic heterocycles. The van der Waals surface area contributed by atoms with Crippen LogP contribution in [-0.4, -0.2) is 9.97 Å². The van der Waals surface area contributed by atoms with Crippen molar-refractivity contribution >= 4 is 0 Å². The molecule has 0 radical (unpaired) electrons. The molecule has 1 heterocycles. The largest absolute Gasteiger partial charge is 0.241 e. The number of hydrogen-bond donors (Lipinski definition) is 0. The number of aromatic nitrogens is 2. The number of nitriles is 1. The SMILES string of the molecule is CCCc1c(C#N)ncnc1C1CC1. The molecule has 1 aromatic rings. The lowest BCUT2D eigenvalue weighted by Crippen LogP contribution is -2.02. The molecule has 0 bridgehead atoms. The van der Waals surface area contributed by atoms with Crippen molar-refractivity contribution in [3.05, 3.63) is 23.3 Å². The van der Waals surface area contributed by atoms with Crippen LogP contribution in [0.4, 0.5) is 0 Å². The summed E-state index contributed by atoms with van der Waals surface area (Å²) in [5, 5.41) is 8.93. The summed E-state index contributed by atoms with van der Waals surface area (Å²) < 4.78 is 0. The molecule has 3 heteroatoms. The smallest absolute Gasteiger partial charge is 0.147 e. The summed E-state index contributed by atoms with van der Waals surface area (Å²) in [7, 11) is 0. The van der Waals surface area contributed by atoms with Crippen LogP contribution in [0.15, 0.2) is 6.33 Å². The van der Waals surface area contributed by atoms with Crippen molar-refractivity contribution in [3.63, 3.8) is 0 Å². The second-order valence-corrected chi connectivity index (χ2v) is 3.72. The van der Waals surface area contributed by atoms with E-state index in [0.29, 0.717) is 11.6 Å². The van der Waals surface area contributed by atoms with Crippen LogP contribution in [0, 0.1) is 11.3 Å². The first-order valence-corrected chi connectivity index (χ1v) is 5.10. The molecule has 3 nitrogen and oxygen atoms in total. The minimum atomic E-state index is 0.573. The molecular formula is C11H13N3. The summed E-state index contributed by atoms with van der Waals surface area (Å²) in [5.74, 6) is 0.603. The van der Waals surface area contributed by atoms with Crippen LogP contribution < -0.4 is 0 Å². The highest BCUT2D eigenvalue weighted by molar-refractivity contribution is 5.37. The van der Waals surface area contributed by atoms with Crippen LogP contribution >= 0.6 is 0 Å². The Morgan fingerprint density at radius 1 is 1.50 bits per heavy atom. The summed E-state index contributed by atoms with van der Waals surface area (Å²) in [6.07, 6.45) is 5.93. The van der Waals surface area contributed by atoms with Gasteiger partial charge in [-0.05, 0) is 19.3 Å². The molecular weight excluding hydrogens is 174 g/mol. The molecule has 2 rings (SSSR count). The highest BCUT2D eigenvalue weighted by atomic mass is 14.9. The first kappa shape index (κ1) is 9.14. The molecule has 14 heavy (non-hydrogen) atoms. The van der Waals surface area contributed by atoms with Crippen molar-refractivity contribution in [3.8, 4) is 6.07 Å². The molecule has 1 aliphatic rings. The van der Waals surface area contributed by atoms with Crippen LogP contribution in [0.3, 0.4) is 0 Å². The maximum absolute atomic E-state index is 8.93. The van der Waals surface area contributed by atoms with Gasteiger partial charge in [0.05, 0.1) is 5.69 Å². The highest BCUT2D eigenvalue weighted by Crippen LogP contribution is 2.40. The standard InChI is InChI=1S/C11H13N3/c1-2-3-9-10(6-12)13-7-14-11(9)8-4-5-8/h7-8H,2-5H2,1H3. The van der Waals surface area contributed by atoms with E-state index in [9.17, 15) is 0 Å². The molecule has 0 spiro atoms. The van der Waals surface area contributed by atoms with E-state index in [1.807, 2.05) is 0 Å². The lowest BCUT2D eigenvalue weighted by Gasteiger charge is -2.06. The van der Waals surface area contributed by atoms with E-state index < -0.39 is 0 Å². The van der Waals surface area contributed by atoms with Crippen molar-refractivity contribution in [1.82, 2.24) is 9.97 Å². The van der Waals surface area contributed by atoms with Crippen LogP contribution in [0.2, 0.25) is 0 Å². The Bertz CT molecular complexity index is 375. The van der Waals surface area contributed by atoms with Gasteiger partial charge in [0.15, 0.2) is 0 Å². The van der Waals surface area contributed by atoms with E-state index >= 15 is 0 Å². The van der Waals surface area contributed by atoms with Crippen molar-refractivity contribution in [2.24, 2.45) is 0 Å². The molecule has 1 saturated carbocycles. The van der Waals surface area contributed by atoms with Crippen LogP contribution in [0.1, 0.15) is 49.1 Å². The first-order valence-electron chi connectivity index (χ1n) is 5.10. The second-order valence-electron chi connectivity index (χ2n) is 3.72. The first-order chi connectivity index (χ1) is 6.86. The van der Waals surface area contributed by atoms with E-state index in [0.717, 1.165) is 24.1 Å². The Balaban J connectivity index is 2.42. The fourth-order valence-corrected chi connectivity index (χ4v) is 1.73. The number of hydrogen-bond acceptors (Lipinski definition) is 3. The van der Waals surface area contributed by atoms with Crippen molar-refractivity contribution < 1.29 is 0 Å². The third-order valence-corrected chi connectivity index (χ3v) is 2.55. The summed E-state index contributed by atoms with van der Waals surface area (Å²) in [5.41, 5.74) is 2.78. The van der Waals surface area contributed by atoms with Crippen molar-refractivity contribution in [1.29, 1.82) is 5.26 Å². The molecule has 0 atom stereocenters. The Hall–Kier alpha value is -1.43. The molecule has 1 fully saturated rings. The third kappa shape index (κ3) is 1.60. The summed E-state index contributed by atoms with van der Waals surface area (Å²) >= 11 is 0. The van der Waals surface area contributed by atoms with Gasteiger partial charge in [0.1, 0.15) is 18.1 Å². The lowest BCUT2D eigenvalue weighted by molar-refractivity contribution is 0.846. The van der Waals surface area contributed by atoms with E-state index in [1.54, 1.807) is 0 Å². The van der Waals surface area contributed by atoms with E-state index in [1.165, 1.54) is 19.2 Å². The maximum atomic E-state index is 8.93. The van der Waals surface area contributed by atoms with E-state index in [4.69, 9.17) is 5.26 Å². The maximum Gasteiger partial charge on any atom is 0.147 e. The van der Waals surface area contributed by atoms with Crippen LogP contribution in [0.5, 0.6) is 0 Å². The molecule has 72 valence electrons. The molecule has 0 amide bonds. The molecule has 0 unspecified atom stereocenters. The van der Waals surface area contributed by atoms with E-state index in [-0.39, 0.29) is 0 Å². The van der Waals surface area contributed by atoms with Gasteiger partial charge in [-0.3, -0.25) is 0 Å². The minimum Gasteiger partial charge on any atom is -0.241 e. The van der Waals surface area contributed by atoms with Gasteiger partial charge in [-0.25, -0.2) is 9.97 Å². The molecule has 0 aromatic carbocycles. The number of rotatable bonds is 3. The van der Waals surface area contributed by atoms with Gasteiger partial charge in [-0.15, -0.1) is 0 Å².